The summed E-state index contributed by atoms with van der Waals surface area (Å²) in [6.07, 6.45) is 0. The van der Waals surface area contributed by atoms with E-state index in [0.717, 1.165) is 16.9 Å². The highest BCUT2D eigenvalue weighted by atomic mass is 35.5. The molecule has 1 aromatic heterocycles. The molecule has 2 aromatic carbocycles. The molecule has 3 aromatic rings. The van der Waals surface area contributed by atoms with Gasteiger partial charge in [-0.05, 0) is 61.9 Å². The van der Waals surface area contributed by atoms with Gasteiger partial charge in [0.05, 0.1) is 28.6 Å². The average molecular weight is 373 g/mol. The molecule has 1 N–H and O–H groups in total. The van der Waals surface area contributed by atoms with Crippen LogP contribution in [0.25, 0.3) is 16.9 Å². The molecule has 0 saturated carbocycles. The van der Waals surface area contributed by atoms with Crippen LogP contribution >= 0.6 is 11.6 Å². The van der Waals surface area contributed by atoms with Crippen LogP contribution in [0.3, 0.4) is 0 Å². The lowest BCUT2D eigenvalue weighted by Gasteiger charge is -2.14. The Kier molecular flexibility index (Phi) is 5.40. The van der Waals surface area contributed by atoms with E-state index in [1.165, 1.54) is 12.1 Å². The summed E-state index contributed by atoms with van der Waals surface area (Å²) in [5.74, 6) is -0.672. The Morgan fingerprint density at radius 3 is 2.54 bits per heavy atom. The van der Waals surface area contributed by atoms with Crippen molar-refractivity contribution in [1.29, 1.82) is 0 Å². The van der Waals surface area contributed by atoms with E-state index in [0.29, 0.717) is 22.9 Å². The molecule has 0 unspecified atom stereocenters. The highest BCUT2D eigenvalue weighted by Gasteiger charge is 2.20. The zero-order valence-corrected chi connectivity index (χ0v) is 15.2. The van der Waals surface area contributed by atoms with Crippen molar-refractivity contribution in [1.82, 2.24) is 10.0 Å². The lowest BCUT2D eigenvalue weighted by Crippen LogP contribution is -2.24. The maximum Gasteiger partial charge on any atom is 0.276 e. The van der Waals surface area contributed by atoms with Gasteiger partial charge in [0, 0.05) is 5.69 Å². The minimum atomic E-state index is -0.349. The van der Waals surface area contributed by atoms with Crippen molar-refractivity contribution >= 4 is 17.5 Å². The highest BCUT2D eigenvalue weighted by Crippen LogP contribution is 2.32. The molecule has 4 nitrogen and oxygen atoms in total. The number of hydrogen-bond donors (Lipinski definition) is 1. The number of hydrogen-bond acceptors (Lipinski definition) is 2. The summed E-state index contributed by atoms with van der Waals surface area (Å²) in [7, 11) is 0. The minimum Gasteiger partial charge on any atom is -0.312 e. The Hall–Kier alpha value is -2.63. The number of rotatable bonds is 5. The number of carbonyl (C=O) groups excluding carboxylic acids is 1. The van der Waals surface area contributed by atoms with Gasteiger partial charge in [0.15, 0.2) is 0 Å². The summed E-state index contributed by atoms with van der Waals surface area (Å²) in [6.45, 7) is 3.98. The second-order valence-corrected chi connectivity index (χ2v) is 6.09. The smallest absolute Gasteiger partial charge is 0.276 e. The van der Waals surface area contributed by atoms with Gasteiger partial charge in [0.2, 0.25) is 0 Å². The molecule has 0 spiro atoms. The normalized spacial score (nSPS) is 10.8. The van der Waals surface area contributed by atoms with Gasteiger partial charge < -0.3 is 4.57 Å². The third-order valence-electron chi connectivity index (χ3n) is 4.03. The Morgan fingerprint density at radius 2 is 1.88 bits per heavy atom. The van der Waals surface area contributed by atoms with Crippen LogP contribution in [-0.4, -0.2) is 17.1 Å². The van der Waals surface area contributed by atoms with Crippen molar-refractivity contribution in [2.45, 2.75) is 13.8 Å². The third kappa shape index (κ3) is 3.49. The Balaban J connectivity index is 2.20. The molecule has 1 amide bonds. The van der Waals surface area contributed by atoms with Gasteiger partial charge in [-0.15, -0.1) is 0 Å². The number of aromatic nitrogens is 1. The number of nitrogens with zero attached hydrogens (tertiary/aromatic N) is 1. The molecule has 26 heavy (non-hydrogen) atoms. The van der Waals surface area contributed by atoms with E-state index in [1.54, 1.807) is 31.2 Å². The summed E-state index contributed by atoms with van der Waals surface area (Å²) in [6, 6.07) is 15.2. The SMILES string of the molecule is CCONC(=O)c1cc(-c2ccc(F)cc2)n(-c2ccccc2Cl)c1C. The fourth-order valence-corrected chi connectivity index (χ4v) is 3.03. The second kappa shape index (κ2) is 7.72. The first kappa shape index (κ1) is 18.2. The van der Waals surface area contributed by atoms with E-state index >= 15 is 0 Å². The Labute approximate surface area is 156 Å². The van der Waals surface area contributed by atoms with Crippen LogP contribution < -0.4 is 5.48 Å². The van der Waals surface area contributed by atoms with Gasteiger partial charge in [-0.1, -0.05) is 23.7 Å². The maximum absolute atomic E-state index is 13.3. The fraction of sp³-hybridized carbons (Fsp3) is 0.150. The second-order valence-electron chi connectivity index (χ2n) is 5.69. The monoisotopic (exact) mass is 372 g/mol. The summed E-state index contributed by atoms with van der Waals surface area (Å²) in [4.78, 5) is 17.5. The minimum absolute atomic E-state index is 0.323. The number of amides is 1. The maximum atomic E-state index is 13.3. The van der Waals surface area contributed by atoms with E-state index < -0.39 is 0 Å². The molecule has 0 bridgehead atoms. The zero-order chi connectivity index (χ0) is 18.7. The number of halogens is 2. The van der Waals surface area contributed by atoms with Gasteiger partial charge in [0.1, 0.15) is 5.82 Å². The van der Waals surface area contributed by atoms with Crippen molar-refractivity contribution in [2.24, 2.45) is 0 Å². The van der Waals surface area contributed by atoms with Gasteiger partial charge >= 0.3 is 0 Å². The van der Waals surface area contributed by atoms with Gasteiger partial charge in [-0.2, -0.15) is 0 Å². The van der Waals surface area contributed by atoms with E-state index in [2.05, 4.69) is 5.48 Å². The molecule has 134 valence electrons. The first-order chi connectivity index (χ1) is 12.5. The summed E-state index contributed by atoms with van der Waals surface area (Å²) in [5.41, 5.74) is 5.81. The number of benzene rings is 2. The van der Waals surface area contributed by atoms with E-state index in [-0.39, 0.29) is 11.7 Å². The van der Waals surface area contributed by atoms with Crippen LogP contribution in [0.1, 0.15) is 23.0 Å². The van der Waals surface area contributed by atoms with E-state index in [9.17, 15) is 9.18 Å². The molecular weight excluding hydrogens is 355 g/mol. The van der Waals surface area contributed by atoms with Gasteiger partial charge in [0.25, 0.3) is 5.91 Å². The van der Waals surface area contributed by atoms with Crippen molar-refractivity contribution in [3.63, 3.8) is 0 Å². The topological polar surface area (TPSA) is 43.3 Å². The van der Waals surface area contributed by atoms with Crippen molar-refractivity contribution in [3.8, 4) is 16.9 Å². The number of hydroxylamine groups is 1. The standard InChI is InChI=1S/C20H18ClFN2O2/c1-3-26-23-20(25)16-12-19(14-8-10-15(22)11-9-14)24(13(16)2)18-7-5-4-6-17(18)21/h4-12H,3H2,1-2H3,(H,23,25). The molecule has 0 saturated heterocycles. The van der Waals surface area contributed by atoms with Crippen LogP contribution in [0.2, 0.25) is 5.02 Å². The molecule has 0 radical (unpaired) electrons. The predicted octanol–water partition coefficient (Wildman–Crippen LogP) is 4.93. The Morgan fingerprint density at radius 1 is 1.19 bits per heavy atom. The largest absolute Gasteiger partial charge is 0.312 e. The van der Waals surface area contributed by atoms with E-state index in [4.69, 9.17) is 16.4 Å². The first-order valence-electron chi connectivity index (χ1n) is 8.18. The van der Waals surface area contributed by atoms with Crippen LogP contribution in [0, 0.1) is 12.7 Å². The molecule has 0 aliphatic heterocycles. The van der Waals surface area contributed by atoms with Crippen LogP contribution in [0.15, 0.2) is 54.6 Å². The number of carbonyl (C=O) groups is 1. The zero-order valence-electron chi connectivity index (χ0n) is 14.4. The molecule has 1 heterocycles. The molecule has 3 rings (SSSR count). The lowest BCUT2D eigenvalue weighted by atomic mass is 10.1. The molecular formula is C20H18ClFN2O2. The molecule has 0 atom stereocenters. The molecule has 0 fully saturated rings. The van der Waals surface area contributed by atoms with Crippen molar-refractivity contribution < 1.29 is 14.0 Å². The van der Waals surface area contributed by atoms with Crippen molar-refractivity contribution in [3.05, 3.63) is 76.7 Å². The summed E-state index contributed by atoms with van der Waals surface area (Å²) in [5, 5.41) is 0.548. The van der Waals surface area contributed by atoms with Crippen molar-refractivity contribution in [2.75, 3.05) is 6.61 Å². The lowest BCUT2D eigenvalue weighted by molar-refractivity contribution is 0.0364. The average Bonchev–Trinajstić information content (AvgIpc) is 2.98. The van der Waals surface area contributed by atoms with Gasteiger partial charge in [-0.25, -0.2) is 9.87 Å². The van der Waals surface area contributed by atoms with Crippen LogP contribution in [0.4, 0.5) is 4.39 Å². The quantitative estimate of drug-likeness (QED) is 0.645. The third-order valence-corrected chi connectivity index (χ3v) is 4.35. The van der Waals surface area contributed by atoms with E-state index in [1.807, 2.05) is 29.7 Å². The summed E-state index contributed by atoms with van der Waals surface area (Å²) < 4.78 is 15.2. The predicted molar refractivity (Wildman–Crippen MR) is 100 cm³/mol. The van der Waals surface area contributed by atoms with Crippen LogP contribution in [0.5, 0.6) is 0 Å². The molecule has 6 heteroatoms. The number of para-hydroxylation sites is 1. The van der Waals surface area contributed by atoms with Gasteiger partial charge in [-0.3, -0.25) is 9.63 Å². The highest BCUT2D eigenvalue weighted by molar-refractivity contribution is 6.32. The van der Waals surface area contributed by atoms with Crippen LogP contribution in [-0.2, 0) is 4.84 Å². The molecule has 0 aliphatic rings. The molecule has 0 aliphatic carbocycles. The Bertz CT molecular complexity index is 935. The summed E-state index contributed by atoms with van der Waals surface area (Å²) >= 11 is 6.38. The number of nitrogens with one attached hydrogen (secondary N) is 1. The first-order valence-corrected chi connectivity index (χ1v) is 8.56. The fourth-order valence-electron chi connectivity index (χ4n) is 2.81.